The Morgan fingerprint density at radius 2 is 1.65 bits per heavy atom. The fourth-order valence-electron chi connectivity index (χ4n) is 3.32. The SMILES string of the molecule is COc1ccc(NC(=O)CNc2ccc3c(c2)Cc2ccccc2-3)cc1. The Hall–Kier alpha value is -3.27. The largest absolute Gasteiger partial charge is 0.497 e. The number of benzene rings is 3. The summed E-state index contributed by atoms with van der Waals surface area (Å²) in [6.07, 6.45) is 0.944. The normalized spacial score (nSPS) is 11.4. The first-order valence-electron chi connectivity index (χ1n) is 8.62. The van der Waals surface area contributed by atoms with Crippen molar-refractivity contribution in [2.45, 2.75) is 6.42 Å². The molecule has 0 unspecified atom stereocenters. The lowest BCUT2D eigenvalue weighted by Gasteiger charge is -2.10. The van der Waals surface area contributed by atoms with E-state index >= 15 is 0 Å². The summed E-state index contributed by atoms with van der Waals surface area (Å²) in [5, 5.41) is 6.08. The Labute approximate surface area is 152 Å². The molecule has 0 atom stereocenters. The van der Waals surface area contributed by atoms with Crippen LogP contribution in [0.1, 0.15) is 11.1 Å². The molecule has 0 fully saturated rings. The molecule has 4 heteroatoms. The fourth-order valence-corrected chi connectivity index (χ4v) is 3.32. The van der Waals surface area contributed by atoms with Gasteiger partial charge in [-0.3, -0.25) is 4.79 Å². The lowest BCUT2D eigenvalue weighted by atomic mass is 10.1. The van der Waals surface area contributed by atoms with Gasteiger partial charge in [0.25, 0.3) is 0 Å². The van der Waals surface area contributed by atoms with Crippen LogP contribution in [-0.2, 0) is 11.2 Å². The predicted octanol–water partition coefficient (Wildman–Crippen LogP) is 4.32. The molecule has 1 amide bonds. The van der Waals surface area contributed by atoms with Crippen LogP contribution in [0, 0.1) is 0 Å². The van der Waals surface area contributed by atoms with Gasteiger partial charge < -0.3 is 15.4 Å². The van der Waals surface area contributed by atoms with Crippen molar-refractivity contribution in [2.24, 2.45) is 0 Å². The molecule has 130 valence electrons. The van der Waals surface area contributed by atoms with Gasteiger partial charge in [0.1, 0.15) is 5.75 Å². The number of nitrogens with one attached hydrogen (secondary N) is 2. The van der Waals surface area contributed by atoms with Crippen molar-refractivity contribution >= 4 is 17.3 Å². The topological polar surface area (TPSA) is 50.4 Å². The van der Waals surface area contributed by atoms with Gasteiger partial charge in [-0.05, 0) is 65.1 Å². The lowest BCUT2D eigenvalue weighted by Crippen LogP contribution is -2.21. The predicted molar refractivity (Wildman–Crippen MR) is 105 cm³/mol. The van der Waals surface area contributed by atoms with Gasteiger partial charge in [0.2, 0.25) is 5.91 Å². The van der Waals surface area contributed by atoms with Crippen LogP contribution in [0.4, 0.5) is 11.4 Å². The van der Waals surface area contributed by atoms with Crippen LogP contribution in [-0.4, -0.2) is 19.6 Å². The third kappa shape index (κ3) is 3.26. The number of anilines is 2. The Bertz CT molecular complexity index is 949. The molecule has 0 aliphatic heterocycles. The summed E-state index contributed by atoms with van der Waals surface area (Å²) >= 11 is 0. The fraction of sp³-hybridized carbons (Fsp3) is 0.136. The van der Waals surface area contributed by atoms with E-state index in [1.165, 1.54) is 22.3 Å². The Morgan fingerprint density at radius 1 is 0.923 bits per heavy atom. The highest BCUT2D eigenvalue weighted by molar-refractivity contribution is 5.94. The van der Waals surface area contributed by atoms with E-state index in [1.807, 2.05) is 30.3 Å². The summed E-state index contributed by atoms with van der Waals surface area (Å²) in [6.45, 7) is 0.220. The summed E-state index contributed by atoms with van der Waals surface area (Å²) in [4.78, 5) is 12.1. The quantitative estimate of drug-likeness (QED) is 0.567. The van der Waals surface area contributed by atoms with Gasteiger partial charge >= 0.3 is 0 Å². The zero-order valence-electron chi connectivity index (χ0n) is 14.6. The number of carbonyl (C=O) groups is 1. The van der Waals surface area contributed by atoms with Crippen LogP contribution >= 0.6 is 0 Å². The van der Waals surface area contributed by atoms with Crippen molar-refractivity contribution in [1.29, 1.82) is 0 Å². The third-order valence-corrected chi connectivity index (χ3v) is 4.62. The zero-order chi connectivity index (χ0) is 17.9. The average molecular weight is 344 g/mol. The molecule has 0 saturated heterocycles. The van der Waals surface area contributed by atoms with Crippen molar-refractivity contribution in [2.75, 3.05) is 24.3 Å². The first-order valence-corrected chi connectivity index (χ1v) is 8.62. The van der Waals surface area contributed by atoms with E-state index in [0.717, 1.165) is 23.5 Å². The summed E-state index contributed by atoms with van der Waals surface area (Å²) in [5.41, 5.74) is 6.97. The summed E-state index contributed by atoms with van der Waals surface area (Å²) in [7, 11) is 1.62. The molecule has 1 aliphatic carbocycles. The van der Waals surface area contributed by atoms with E-state index < -0.39 is 0 Å². The minimum atomic E-state index is -0.0843. The van der Waals surface area contributed by atoms with Crippen LogP contribution in [0.5, 0.6) is 5.75 Å². The summed E-state index contributed by atoms with van der Waals surface area (Å²) < 4.78 is 5.11. The summed E-state index contributed by atoms with van der Waals surface area (Å²) in [6, 6.07) is 22.1. The number of ether oxygens (including phenoxy) is 1. The van der Waals surface area contributed by atoms with Gasteiger partial charge in [0, 0.05) is 11.4 Å². The number of fused-ring (bicyclic) bond motifs is 3. The monoisotopic (exact) mass is 344 g/mol. The lowest BCUT2D eigenvalue weighted by molar-refractivity contribution is -0.114. The van der Waals surface area contributed by atoms with Crippen LogP contribution in [0.3, 0.4) is 0 Å². The molecule has 0 spiro atoms. The first kappa shape index (κ1) is 16.2. The van der Waals surface area contributed by atoms with E-state index in [4.69, 9.17) is 4.74 Å². The molecule has 4 nitrogen and oxygen atoms in total. The molecule has 4 rings (SSSR count). The molecular formula is C22H20N2O2. The molecule has 0 saturated carbocycles. The molecule has 3 aromatic rings. The minimum absolute atomic E-state index is 0.0843. The van der Waals surface area contributed by atoms with Gasteiger partial charge in [-0.25, -0.2) is 0 Å². The number of hydrogen-bond acceptors (Lipinski definition) is 3. The van der Waals surface area contributed by atoms with Gasteiger partial charge in [0.15, 0.2) is 0 Å². The van der Waals surface area contributed by atoms with Gasteiger partial charge in [-0.1, -0.05) is 30.3 Å². The minimum Gasteiger partial charge on any atom is -0.497 e. The van der Waals surface area contributed by atoms with E-state index in [9.17, 15) is 4.79 Å². The molecule has 0 bridgehead atoms. The number of carbonyl (C=O) groups excluding carboxylic acids is 1. The highest BCUT2D eigenvalue weighted by Gasteiger charge is 2.17. The molecule has 1 aliphatic rings. The van der Waals surface area contributed by atoms with Crippen LogP contribution < -0.4 is 15.4 Å². The maximum absolute atomic E-state index is 12.1. The molecule has 0 aromatic heterocycles. The van der Waals surface area contributed by atoms with E-state index in [2.05, 4.69) is 47.0 Å². The van der Waals surface area contributed by atoms with E-state index in [1.54, 1.807) is 7.11 Å². The Balaban J connectivity index is 1.38. The van der Waals surface area contributed by atoms with Crippen LogP contribution in [0.25, 0.3) is 11.1 Å². The highest BCUT2D eigenvalue weighted by Crippen LogP contribution is 2.37. The third-order valence-electron chi connectivity index (χ3n) is 4.62. The first-order chi connectivity index (χ1) is 12.7. The van der Waals surface area contributed by atoms with Crippen LogP contribution in [0.15, 0.2) is 66.7 Å². The molecule has 3 aromatic carbocycles. The summed E-state index contributed by atoms with van der Waals surface area (Å²) in [5.74, 6) is 0.680. The second-order valence-electron chi connectivity index (χ2n) is 6.34. The Kier molecular flexibility index (Phi) is 4.32. The standard InChI is InChI=1S/C22H20N2O2/c1-26-19-9-6-17(7-10-19)24-22(25)14-23-18-8-11-21-16(13-18)12-15-4-2-3-5-20(15)21/h2-11,13,23H,12,14H2,1H3,(H,24,25). The van der Waals surface area contributed by atoms with E-state index in [-0.39, 0.29) is 12.5 Å². The maximum Gasteiger partial charge on any atom is 0.243 e. The second kappa shape index (κ2) is 6.92. The van der Waals surface area contributed by atoms with Gasteiger partial charge in [-0.2, -0.15) is 0 Å². The Morgan fingerprint density at radius 3 is 2.46 bits per heavy atom. The average Bonchev–Trinajstić information content (AvgIpc) is 3.05. The van der Waals surface area contributed by atoms with Crippen molar-refractivity contribution < 1.29 is 9.53 Å². The van der Waals surface area contributed by atoms with Crippen molar-refractivity contribution in [3.8, 4) is 16.9 Å². The molecule has 2 N–H and O–H groups in total. The van der Waals surface area contributed by atoms with Crippen LogP contribution in [0.2, 0.25) is 0 Å². The van der Waals surface area contributed by atoms with Gasteiger partial charge in [-0.15, -0.1) is 0 Å². The smallest absolute Gasteiger partial charge is 0.243 e. The maximum atomic E-state index is 12.1. The van der Waals surface area contributed by atoms with Gasteiger partial charge in [0.05, 0.1) is 13.7 Å². The van der Waals surface area contributed by atoms with Crippen molar-refractivity contribution in [1.82, 2.24) is 0 Å². The number of amides is 1. The molecule has 0 radical (unpaired) electrons. The zero-order valence-corrected chi connectivity index (χ0v) is 14.6. The van der Waals surface area contributed by atoms with Crippen molar-refractivity contribution in [3.63, 3.8) is 0 Å². The molecule has 0 heterocycles. The molecular weight excluding hydrogens is 324 g/mol. The molecule has 26 heavy (non-hydrogen) atoms. The number of methoxy groups -OCH3 is 1. The number of rotatable bonds is 5. The second-order valence-corrected chi connectivity index (χ2v) is 6.34. The van der Waals surface area contributed by atoms with Crippen molar-refractivity contribution in [3.05, 3.63) is 77.9 Å². The highest BCUT2D eigenvalue weighted by atomic mass is 16.5. The van der Waals surface area contributed by atoms with E-state index in [0.29, 0.717) is 0 Å². The number of hydrogen-bond donors (Lipinski definition) is 2.